The van der Waals surface area contributed by atoms with E-state index in [4.69, 9.17) is 10.5 Å². The van der Waals surface area contributed by atoms with E-state index in [0.29, 0.717) is 18.9 Å². The Morgan fingerprint density at radius 2 is 1.90 bits per heavy atom. The molecule has 1 aliphatic carbocycles. The third-order valence-corrected chi connectivity index (χ3v) is 5.35. The smallest absolute Gasteiger partial charge is 0.241 e. The topological polar surface area (TPSA) is 64.3 Å². The fourth-order valence-electron chi connectivity index (χ4n) is 3.27. The molecule has 0 saturated heterocycles. The van der Waals surface area contributed by atoms with Crippen molar-refractivity contribution in [3.05, 3.63) is 0 Å². The molecule has 1 fully saturated rings. The van der Waals surface area contributed by atoms with Gasteiger partial charge in [-0.2, -0.15) is 0 Å². The van der Waals surface area contributed by atoms with Gasteiger partial charge in [0.1, 0.15) is 5.54 Å². The van der Waals surface area contributed by atoms with Crippen LogP contribution < -0.4 is 11.1 Å². The molecule has 4 heteroatoms. The fraction of sp³-hybridized carbons (Fsp3) is 0.938. The molecule has 0 aromatic heterocycles. The zero-order valence-corrected chi connectivity index (χ0v) is 14.0. The van der Waals surface area contributed by atoms with Crippen LogP contribution in [-0.4, -0.2) is 30.2 Å². The van der Waals surface area contributed by atoms with Gasteiger partial charge in [0, 0.05) is 24.5 Å². The van der Waals surface area contributed by atoms with Crippen molar-refractivity contribution in [2.45, 2.75) is 78.5 Å². The number of carbonyl (C=O) groups is 1. The first-order chi connectivity index (χ1) is 9.24. The van der Waals surface area contributed by atoms with Gasteiger partial charge in [0.25, 0.3) is 0 Å². The lowest BCUT2D eigenvalue weighted by Gasteiger charge is -2.57. The predicted octanol–water partition coefficient (Wildman–Crippen LogP) is 2.46. The molecule has 0 radical (unpaired) electrons. The molecule has 3 N–H and O–H groups in total. The summed E-state index contributed by atoms with van der Waals surface area (Å²) in [6.07, 6.45) is 2.82. The lowest BCUT2D eigenvalue weighted by molar-refractivity contribution is -0.171. The van der Waals surface area contributed by atoms with Gasteiger partial charge in [-0.3, -0.25) is 4.79 Å². The van der Waals surface area contributed by atoms with E-state index < -0.39 is 5.54 Å². The second-order valence-corrected chi connectivity index (χ2v) is 6.68. The SMILES string of the molecule is CCOC1CC(N)(C(=O)NC(C)C(CC)CC)C1(C)C. The van der Waals surface area contributed by atoms with Crippen LogP contribution in [0.1, 0.15) is 60.8 Å². The molecular formula is C16H32N2O2. The van der Waals surface area contributed by atoms with Crippen LogP contribution in [0.3, 0.4) is 0 Å². The van der Waals surface area contributed by atoms with Crippen LogP contribution in [0.4, 0.5) is 0 Å². The Labute approximate surface area is 123 Å². The average Bonchev–Trinajstić information content (AvgIpc) is 2.39. The summed E-state index contributed by atoms with van der Waals surface area (Å²) in [6, 6.07) is 0.167. The first kappa shape index (κ1) is 17.4. The number of nitrogens with two attached hydrogens (primary N) is 1. The number of ether oxygens (including phenoxy) is 1. The third-order valence-electron chi connectivity index (χ3n) is 5.35. The Bertz CT molecular complexity index is 339. The zero-order chi connectivity index (χ0) is 15.6. The van der Waals surface area contributed by atoms with Crippen molar-refractivity contribution in [2.75, 3.05) is 6.61 Å². The van der Waals surface area contributed by atoms with Crippen LogP contribution in [0.25, 0.3) is 0 Å². The van der Waals surface area contributed by atoms with Crippen LogP contribution in [0.2, 0.25) is 0 Å². The number of rotatable bonds is 7. The summed E-state index contributed by atoms with van der Waals surface area (Å²) in [4.78, 5) is 12.6. The van der Waals surface area contributed by atoms with Crippen LogP contribution in [0.15, 0.2) is 0 Å². The number of amides is 1. The van der Waals surface area contributed by atoms with E-state index in [0.717, 1.165) is 12.8 Å². The van der Waals surface area contributed by atoms with E-state index in [1.54, 1.807) is 0 Å². The highest BCUT2D eigenvalue weighted by Crippen LogP contribution is 2.49. The molecule has 0 aromatic carbocycles. The molecule has 20 heavy (non-hydrogen) atoms. The van der Waals surface area contributed by atoms with Crippen molar-refractivity contribution < 1.29 is 9.53 Å². The summed E-state index contributed by atoms with van der Waals surface area (Å²) in [5, 5.41) is 3.12. The van der Waals surface area contributed by atoms with Gasteiger partial charge in [0.15, 0.2) is 0 Å². The summed E-state index contributed by atoms with van der Waals surface area (Å²) in [6.45, 7) is 13.1. The van der Waals surface area contributed by atoms with Gasteiger partial charge in [0.05, 0.1) is 6.10 Å². The van der Waals surface area contributed by atoms with Gasteiger partial charge in [-0.25, -0.2) is 0 Å². The van der Waals surface area contributed by atoms with E-state index in [1.165, 1.54) is 0 Å². The molecule has 0 aromatic rings. The molecule has 3 unspecified atom stereocenters. The van der Waals surface area contributed by atoms with Crippen molar-refractivity contribution in [3.63, 3.8) is 0 Å². The zero-order valence-electron chi connectivity index (χ0n) is 14.0. The lowest BCUT2D eigenvalue weighted by atomic mass is 9.54. The van der Waals surface area contributed by atoms with Crippen molar-refractivity contribution in [1.82, 2.24) is 5.32 Å². The maximum atomic E-state index is 12.6. The second kappa shape index (κ2) is 6.44. The van der Waals surface area contributed by atoms with E-state index in [2.05, 4.69) is 26.1 Å². The Morgan fingerprint density at radius 3 is 2.30 bits per heavy atom. The summed E-state index contributed by atoms with van der Waals surface area (Å²) >= 11 is 0. The summed E-state index contributed by atoms with van der Waals surface area (Å²) < 4.78 is 5.67. The predicted molar refractivity (Wildman–Crippen MR) is 82.4 cm³/mol. The summed E-state index contributed by atoms with van der Waals surface area (Å²) in [7, 11) is 0. The number of nitrogens with one attached hydrogen (secondary N) is 1. The first-order valence-corrected chi connectivity index (χ1v) is 7.95. The van der Waals surface area contributed by atoms with Gasteiger partial charge in [-0.1, -0.05) is 40.5 Å². The van der Waals surface area contributed by atoms with Gasteiger partial charge in [0.2, 0.25) is 5.91 Å². The van der Waals surface area contributed by atoms with Crippen LogP contribution >= 0.6 is 0 Å². The molecule has 1 aliphatic rings. The molecule has 3 atom stereocenters. The Morgan fingerprint density at radius 1 is 1.35 bits per heavy atom. The monoisotopic (exact) mass is 284 g/mol. The number of carbonyl (C=O) groups excluding carboxylic acids is 1. The molecular weight excluding hydrogens is 252 g/mol. The molecule has 1 rings (SSSR count). The first-order valence-electron chi connectivity index (χ1n) is 7.95. The molecule has 4 nitrogen and oxygen atoms in total. The Balaban J connectivity index is 2.68. The molecule has 118 valence electrons. The quantitative estimate of drug-likeness (QED) is 0.755. The van der Waals surface area contributed by atoms with Crippen molar-refractivity contribution >= 4 is 5.91 Å². The Hall–Kier alpha value is -0.610. The molecule has 0 spiro atoms. The summed E-state index contributed by atoms with van der Waals surface area (Å²) in [5.74, 6) is 0.478. The van der Waals surface area contributed by atoms with Crippen LogP contribution in [0.5, 0.6) is 0 Å². The molecule has 1 saturated carbocycles. The summed E-state index contributed by atoms with van der Waals surface area (Å²) in [5.41, 5.74) is 5.25. The van der Waals surface area contributed by atoms with E-state index in [-0.39, 0.29) is 23.5 Å². The maximum Gasteiger partial charge on any atom is 0.241 e. The Kier molecular flexibility index (Phi) is 5.61. The minimum absolute atomic E-state index is 0.0298. The standard InChI is InChI=1S/C16H32N2O2/c1-7-12(8-2)11(4)18-14(19)16(17)10-13(20-9-3)15(16,5)6/h11-13H,7-10,17H2,1-6H3,(H,18,19). The fourth-order valence-corrected chi connectivity index (χ4v) is 3.27. The highest BCUT2D eigenvalue weighted by atomic mass is 16.5. The third kappa shape index (κ3) is 2.86. The van der Waals surface area contributed by atoms with E-state index in [1.807, 2.05) is 20.8 Å². The number of hydrogen-bond acceptors (Lipinski definition) is 3. The largest absolute Gasteiger partial charge is 0.378 e. The van der Waals surface area contributed by atoms with Crippen molar-refractivity contribution in [1.29, 1.82) is 0 Å². The molecule has 0 heterocycles. The maximum absolute atomic E-state index is 12.6. The van der Waals surface area contributed by atoms with Gasteiger partial charge in [-0.05, 0) is 19.8 Å². The highest BCUT2D eigenvalue weighted by Gasteiger charge is 2.62. The molecule has 1 amide bonds. The molecule has 0 bridgehead atoms. The minimum Gasteiger partial charge on any atom is -0.378 e. The van der Waals surface area contributed by atoms with Gasteiger partial charge >= 0.3 is 0 Å². The minimum atomic E-state index is -0.812. The van der Waals surface area contributed by atoms with Gasteiger partial charge < -0.3 is 15.8 Å². The molecule has 0 aliphatic heterocycles. The lowest BCUT2D eigenvalue weighted by Crippen LogP contribution is -2.76. The van der Waals surface area contributed by atoms with Crippen LogP contribution in [-0.2, 0) is 9.53 Å². The second-order valence-electron chi connectivity index (χ2n) is 6.68. The normalized spacial score (nSPS) is 29.9. The van der Waals surface area contributed by atoms with E-state index >= 15 is 0 Å². The van der Waals surface area contributed by atoms with Crippen molar-refractivity contribution in [2.24, 2.45) is 17.1 Å². The van der Waals surface area contributed by atoms with E-state index in [9.17, 15) is 4.79 Å². The van der Waals surface area contributed by atoms with Gasteiger partial charge in [-0.15, -0.1) is 0 Å². The van der Waals surface area contributed by atoms with Crippen molar-refractivity contribution in [3.8, 4) is 0 Å². The number of hydrogen-bond donors (Lipinski definition) is 2. The average molecular weight is 284 g/mol. The highest BCUT2D eigenvalue weighted by molar-refractivity contribution is 5.89. The van der Waals surface area contributed by atoms with Crippen LogP contribution in [0, 0.1) is 11.3 Å².